The summed E-state index contributed by atoms with van der Waals surface area (Å²) in [5.74, 6) is 2.23. The molecule has 3 aromatic rings. The van der Waals surface area contributed by atoms with E-state index in [1.807, 2.05) is 24.3 Å². The predicted molar refractivity (Wildman–Crippen MR) is 135 cm³/mol. The van der Waals surface area contributed by atoms with E-state index >= 15 is 0 Å². The quantitative estimate of drug-likeness (QED) is 0.465. The number of anilines is 3. The number of carbonyl (C=O) groups is 1. The minimum absolute atomic E-state index is 0.0580. The normalized spacial score (nSPS) is 25.4. The number of hydrogen-bond donors (Lipinski definition) is 4. The Morgan fingerprint density at radius 2 is 1.97 bits per heavy atom. The zero-order chi connectivity index (χ0) is 23.8. The average molecular weight is 463 g/mol. The fraction of sp³-hybridized carbons (Fsp3) is 0.520. The van der Waals surface area contributed by atoms with Gasteiger partial charge in [0.15, 0.2) is 5.82 Å². The van der Waals surface area contributed by atoms with Crippen LogP contribution < -0.4 is 21.7 Å². The maximum atomic E-state index is 13.1. The molecule has 0 spiro atoms. The Balaban J connectivity index is 1.36. The first kappa shape index (κ1) is 22.4. The van der Waals surface area contributed by atoms with Crippen LogP contribution in [-0.4, -0.2) is 44.7 Å². The third kappa shape index (κ3) is 4.51. The number of aromatic nitrogens is 4. The van der Waals surface area contributed by atoms with Crippen LogP contribution in [0.4, 0.5) is 17.6 Å². The van der Waals surface area contributed by atoms with Crippen molar-refractivity contribution in [1.82, 2.24) is 25.5 Å². The molecule has 9 nitrogen and oxygen atoms in total. The molecule has 180 valence electrons. The number of piperidine rings is 1. The van der Waals surface area contributed by atoms with Gasteiger partial charge in [-0.25, -0.2) is 4.98 Å². The van der Waals surface area contributed by atoms with E-state index in [-0.39, 0.29) is 23.8 Å². The van der Waals surface area contributed by atoms with Crippen LogP contribution in [0.5, 0.6) is 0 Å². The Hall–Kier alpha value is -3.36. The summed E-state index contributed by atoms with van der Waals surface area (Å²) < 4.78 is 0. The summed E-state index contributed by atoms with van der Waals surface area (Å²) in [7, 11) is 0. The molecule has 3 heterocycles. The molecule has 6 N–H and O–H groups in total. The summed E-state index contributed by atoms with van der Waals surface area (Å²) in [4.78, 5) is 24.3. The van der Waals surface area contributed by atoms with Crippen LogP contribution in [0.1, 0.15) is 52.4 Å². The molecular formula is C25H34N8O. The fourth-order valence-corrected chi connectivity index (χ4v) is 5.47. The highest BCUT2D eigenvalue weighted by molar-refractivity contribution is 5.91. The number of nitrogens with two attached hydrogens (primary N) is 2. The molecule has 1 saturated heterocycles. The van der Waals surface area contributed by atoms with E-state index < -0.39 is 0 Å². The van der Waals surface area contributed by atoms with E-state index in [2.05, 4.69) is 44.2 Å². The van der Waals surface area contributed by atoms with Gasteiger partial charge in [-0.15, -0.1) is 0 Å². The summed E-state index contributed by atoms with van der Waals surface area (Å²) in [5.41, 5.74) is 14.5. The van der Waals surface area contributed by atoms with Crippen molar-refractivity contribution in [2.75, 3.05) is 22.9 Å². The van der Waals surface area contributed by atoms with Crippen molar-refractivity contribution in [3.05, 3.63) is 24.3 Å². The third-order valence-corrected chi connectivity index (χ3v) is 7.45. The van der Waals surface area contributed by atoms with Gasteiger partial charge in [0.2, 0.25) is 11.9 Å². The summed E-state index contributed by atoms with van der Waals surface area (Å²) in [6.07, 6.45) is 6.44. The fourth-order valence-electron chi connectivity index (χ4n) is 5.47. The molecule has 2 aromatic heterocycles. The molecule has 1 amide bonds. The number of carbonyl (C=O) groups excluding carboxylic acids is 1. The number of nitrogens with zero attached hydrogens (tertiary/aromatic N) is 4. The minimum Gasteiger partial charge on any atom is -0.382 e. The molecule has 34 heavy (non-hydrogen) atoms. The molecular weight excluding hydrogens is 428 g/mol. The van der Waals surface area contributed by atoms with Crippen LogP contribution >= 0.6 is 0 Å². The van der Waals surface area contributed by atoms with E-state index in [0.29, 0.717) is 24.3 Å². The smallest absolute Gasteiger partial charge is 0.225 e. The van der Waals surface area contributed by atoms with Crippen molar-refractivity contribution in [2.24, 2.45) is 11.8 Å². The lowest BCUT2D eigenvalue weighted by Crippen LogP contribution is -2.49. The lowest BCUT2D eigenvalue weighted by Gasteiger charge is -2.39. The first-order chi connectivity index (χ1) is 16.4. The Kier molecular flexibility index (Phi) is 6.02. The van der Waals surface area contributed by atoms with Crippen LogP contribution in [0.2, 0.25) is 0 Å². The van der Waals surface area contributed by atoms with Gasteiger partial charge >= 0.3 is 0 Å². The number of benzene rings is 1. The number of rotatable bonds is 4. The number of fused-ring (bicyclic) bond motifs is 1. The number of amides is 1. The van der Waals surface area contributed by atoms with Gasteiger partial charge in [-0.2, -0.15) is 10.1 Å². The zero-order valence-corrected chi connectivity index (χ0v) is 19.9. The first-order valence-electron chi connectivity index (χ1n) is 12.3. The van der Waals surface area contributed by atoms with Gasteiger partial charge in [-0.3, -0.25) is 9.89 Å². The van der Waals surface area contributed by atoms with E-state index in [1.54, 1.807) is 0 Å². The highest BCUT2D eigenvalue weighted by Crippen LogP contribution is 2.32. The molecule has 5 rings (SSSR count). The lowest BCUT2D eigenvalue weighted by molar-refractivity contribution is -0.126. The maximum absolute atomic E-state index is 13.1. The highest BCUT2D eigenvalue weighted by Gasteiger charge is 2.32. The third-order valence-electron chi connectivity index (χ3n) is 7.45. The van der Waals surface area contributed by atoms with Crippen molar-refractivity contribution in [3.63, 3.8) is 0 Å². The minimum atomic E-state index is -0.0580. The number of nitrogens with one attached hydrogen (secondary N) is 2. The largest absolute Gasteiger partial charge is 0.382 e. The topological polar surface area (TPSA) is 139 Å². The number of H-pyrrole nitrogens is 1. The first-order valence-corrected chi connectivity index (χ1v) is 12.3. The summed E-state index contributed by atoms with van der Waals surface area (Å²) >= 11 is 0. The van der Waals surface area contributed by atoms with Crippen LogP contribution in [0, 0.1) is 11.8 Å². The zero-order valence-electron chi connectivity index (χ0n) is 19.9. The molecule has 2 fully saturated rings. The monoisotopic (exact) mass is 462 g/mol. The van der Waals surface area contributed by atoms with Crippen molar-refractivity contribution in [3.8, 4) is 11.3 Å². The van der Waals surface area contributed by atoms with E-state index in [4.69, 9.17) is 11.5 Å². The molecule has 0 radical (unpaired) electrons. The van der Waals surface area contributed by atoms with Gasteiger partial charge in [0, 0.05) is 35.6 Å². The van der Waals surface area contributed by atoms with E-state index in [9.17, 15) is 4.79 Å². The predicted octanol–water partition coefficient (Wildman–Crippen LogP) is 3.48. The molecule has 1 aromatic carbocycles. The van der Waals surface area contributed by atoms with E-state index in [1.165, 1.54) is 12.8 Å². The van der Waals surface area contributed by atoms with Gasteiger partial charge in [-0.05, 0) is 50.7 Å². The molecule has 0 bridgehead atoms. The molecule has 4 atom stereocenters. The van der Waals surface area contributed by atoms with Gasteiger partial charge in [0.25, 0.3) is 0 Å². The van der Waals surface area contributed by atoms with Crippen molar-refractivity contribution in [2.45, 2.75) is 64.5 Å². The maximum Gasteiger partial charge on any atom is 0.225 e. The van der Waals surface area contributed by atoms with Gasteiger partial charge in [-0.1, -0.05) is 25.8 Å². The highest BCUT2D eigenvalue weighted by atomic mass is 16.2. The molecule has 1 aliphatic carbocycles. The van der Waals surface area contributed by atoms with Gasteiger partial charge in [0.1, 0.15) is 5.82 Å². The Bertz CT molecular complexity index is 1190. The standard InChI is InChI=1S/C25H34N8O/c1-14-4-3-5-18(10-14)28-24(34)17-7-6-15(2)33(13-17)22-12-20(29-25(27)30-22)16-8-9-19-21(11-16)31-32-23(19)26/h8-9,11-12,14-15,17-18H,3-7,10,13H2,1-2H3,(H,28,34)(H3,26,31,32)(H2,27,29,30). The van der Waals surface area contributed by atoms with Crippen molar-refractivity contribution in [1.29, 1.82) is 0 Å². The molecule has 1 saturated carbocycles. The Morgan fingerprint density at radius 3 is 2.79 bits per heavy atom. The second-order valence-electron chi connectivity index (χ2n) is 10.1. The SMILES string of the molecule is CC1CCCC(NC(=O)C2CCC(C)N(c3cc(-c4ccc5c(N)n[nH]c5c4)nc(N)n3)C2)C1. The summed E-state index contributed by atoms with van der Waals surface area (Å²) in [5, 5.41) is 11.2. The second kappa shape index (κ2) is 9.12. The van der Waals surface area contributed by atoms with E-state index in [0.717, 1.165) is 53.7 Å². The lowest BCUT2D eigenvalue weighted by atomic mass is 9.86. The molecule has 2 aliphatic rings. The van der Waals surface area contributed by atoms with Crippen LogP contribution in [-0.2, 0) is 4.79 Å². The van der Waals surface area contributed by atoms with Crippen LogP contribution in [0.3, 0.4) is 0 Å². The molecule has 9 heteroatoms. The molecule has 1 aliphatic heterocycles. The van der Waals surface area contributed by atoms with Crippen LogP contribution in [0.25, 0.3) is 22.2 Å². The van der Waals surface area contributed by atoms with Crippen LogP contribution in [0.15, 0.2) is 24.3 Å². The van der Waals surface area contributed by atoms with Gasteiger partial charge in [0.05, 0.1) is 17.1 Å². The second-order valence-corrected chi connectivity index (χ2v) is 10.1. The number of nitrogen functional groups attached to an aromatic ring is 2. The summed E-state index contributed by atoms with van der Waals surface area (Å²) in [6.45, 7) is 5.08. The van der Waals surface area contributed by atoms with Crippen molar-refractivity contribution < 1.29 is 4.79 Å². The average Bonchev–Trinajstić information content (AvgIpc) is 3.19. The number of aromatic amines is 1. The van der Waals surface area contributed by atoms with Gasteiger partial charge < -0.3 is 21.7 Å². The van der Waals surface area contributed by atoms with Crippen molar-refractivity contribution >= 4 is 34.4 Å². The summed E-state index contributed by atoms with van der Waals surface area (Å²) in [6, 6.07) is 8.37. The Morgan fingerprint density at radius 1 is 1.12 bits per heavy atom. The number of hydrogen-bond acceptors (Lipinski definition) is 7. The Labute approximate surface area is 199 Å². The molecule has 4 unspecified atom stereocenters.